The van der Waals surface area contributed by atoms with Crippen LogP contribution < -0.4 is 4.74 Å². The number of hydrogen-bond donors (Lipinski definition) is 1. The quantitative estimate of drug-likeness (QED) is 0.862. The van der Waals surface area contributed by atoms with Gasteiger partial charge in [0.1, 0.15) is 5.75 Å². The molecule has 0 spiro atoms. The highest BCUT2D eigenvalue weighted by atomic mass is 35.5. The summed E-state index contributed by atoms with van der Waals surface area (Å²) < 4.78 is 5.02. The summed E-state index contributed by atoms with van der Waals surface area (Å²) in [6.45, 7) is 1.96. The molecule has 0 aromatic heterocycles. The third kappa shape index (κ3) is 2.89. The lowest BCUT2D eigenvalue weighted by molar-refractivity contribution is -0.139. The van der Waals surface area contributed by atoms with E-state index in [9.17, 15) is 4.79 Å². The maximum atomic E-state index is 11.1. The van der Waals surface area contributed by atoms with Crippen molar-refractivity contribution in [1.29, 1.82) is 0 Å². The minimum Gasteiger partial charge on any atom is -0.495 e. The smallest absolute Gasteiger partial charge is 0.310 e. The summed E-state index contributed by atoms with van der Waals surface area (Å²) in [6, 6.07) is 5.11. The Bertz CT molecular complexity index is 377. The van der Waals surface area contributed by atoms with Crippen LogP contribution in [0.1, 0.15) is 31.2 Å². The first-order valence-electron chi connectivity index (χ1n) is 5.16. The second kappa shape index (κ2) is 5.75. The van der Waals surface area contributed by atoms with Gasteiger partial charge in [-0.1, -0.05) is 31.0 Å². The third-order valence-electron chi connectivity index (χ3n) is 2.45. The van der Waals surface area contributed by atoms with Gasteiger partial charge in [-0.15, -0.1) is 0 Å². The number of methoxy groups -OCH3 is 1. The minimum absolute atomic E-state index is 0.447. The zero-order valence-electron chi connectivity index (χ0n) is 9.37. The maximum Gasteiger partial charge on any atom is 0.310 e. The molecule has 1 aromatic carbocycles. The van der Waals surface area contributed by atoms with E-state index in [-0.39, 0.29) is 0 Å². The number of carbonyl (C=O) groups is 1. The van der Waals surface area contributed by atoms with Gasteiger partial charge >= 0.3 is 5.97 Å². The monoisotopic (exact) mass is 242 g/mol. The second-order valence-corrected chi connectivity index (χ2v) is 3.98. The van der Waals surface area contributed by atoms with Gasteiger partial charge in [-0.2, -0.15) is 0 Å². The lowest BCUT2D eigenvalue weighted by atomic mass is 9.95. The average Bonchev–Trinajstić information content (AvgIpc) is 2.25. The molecule has 0 bridgehead atoms. The van der Waals surface area contributed by atoms with E-state index in [4.69, 9.17) is 21.4 Å². The number of halogens is 1. The Morgan fingerprint density at radius 2 is 2.25 bits per heavy atom. The molecule has 1 unspecified atom stereocenters. The summed E-state index contributed by atoms with van der Waals surface area (Å²) in [6.07, 6.45) is 1.43. The van der Waals surface area contributed by atoms with E-state index in [1.807, 2.05) is 6.92 Å². The predicted molar refractivity (Wildman–Crippen MR) is 63.3 cm³/mol. The highest BCUT2D eigenvalue weighted by Gasteiger charge is 2.19. The van der Waals surface area contributed by atoms with Gasteiger partial charge < -0.3 is 9.84 Å². The molecule has 1 rings (SSSR count). The number of aliphatic carboxylic acids is 1. The van der Waals surface area contributed by atoms with E-state index in [1.54, 1.807) is 18.2 Å². The Labute approximate surface area is 100.0 Å². The van der Waals surface area contributed by atoms with Crippen molar-refractivity contribution in [2.24, 2.45) is 0 Å². The highest BCUT2D eigenvalue weighted by Crippen LogP contribution is 2.30. The molecule has 1 atom stereocenters. The summed E-state index contributed by atoms with van der Waals surface area (Å²) in [5.74, 6) is -0.748. The topological polar surface area (TPSA) is 46.5 Å². The van der Waals surface area contributed by atoms with Gasteiger partial charge in [0.05, 0.1) is 18.1 Å². The minimum atomic E-state index is -0.817. The fraction of sp³-hybridized carbons (Fsp3) is 0.417. The van der Waals surface area contributed by atoms with Crippen molar-refractivity contribution < 1.29 is 14.6 Å². The van der Waals surface area contributed by atoms with Crippen molar-refractivity contribution in [1.82, 2.24) is 0 Å². The third-order valence-corrected chi connectivity index (χ3v) is 2.75. The van der Waals surface area contributed by atoms with Crippen molar-refractivity contribution in [3.63, 3.8) is 0 Å². The van der Waals surface area contributed by atoms with Crippen LogP contribution in [0.25, 0.3) is 0 Å². The van der Waals surface area contributed by atoms with Crippen molar-refractivity contribution >= 4 is 17.6 Å². The SMILES string of the molecule is CCCC(C(=O)O)c1ccc(OC)c(Cl)c1. The normalized spacial score (nSPS) is 12.2. The number of carboxylic acids is 1. The predicted octanol–water partition coefficient (Wildman–Crippen LogP) is 3.32. The van der Waals surface area contributed by atoms with Crippen LogP contribution >= 0.6 is 11.6 Å². The molecule has 88 valence electrons. The molecule has 0 aliphatic carbocycles. The van der Waals surface area contributed by atoms with Crippen LogP contribution in [0, 0.1) is 0 Å². The van der Waals surface area contributed by atoms with E-state index in [0.717, 1.165) is 12.0 Å². The van der Waals surface area contributed by atoms with Crippen LogP contribution in [0.2, 0.25) is 5.02 Å². The molecule has 0 aliphatic rings. The van der Waals surface area contributed by atoms with Gasteiger partial charge in [-0.3, -0.25) is 4.79 Å². The molecule has 4 heteroatoms. The Balaban J connectivity index is 3.01. The zero-order valence-corrected chi connectivity index (χ0v) is 10.1. The summed E-state index contributed by atoms with van der Waals surface area (Å²) in [5, 5.41) is 9.55. The molecule has 0 radical (unpaired) electrons. The van der Waals surface area contributed by atoms with Gasteiger partial charge in [0.25, 0.3) is 0 Å². The molecular weight excluding hydrogens is 228 g/mol. The number of benzene rings is 1. The molecule has 16 heavy (non-hydrogen) atoms. The van der Waals surface area contributed by atoms with E-state index in [2.05, 4.69) is 0 Å². The number of hydrogen-bond acceptors (Lipinski definition) is 2. The van der Waals surface area contributed by atoms with Gasteiger partial charge in [0.15, 0.2) is 0 Å². The second-order valence-electron chi connectivity index (χ2n) is 3.57. The van der Waals surface area contributed by atoms with E-state index in [0.29, 0.717) is 17.2 Å². The Morgan fingerprint density at radius 3 is 2.69 bits per heavy atom. The lowest BCUT2D eigenvalue weighted by Crippen LogP contribution is -2.11. The van der Waals surface area contributed by atoms with Gasteiger partial charge in [-0.25, -0.2) is 0 Å². The first-order valence-corrected chi connectivity index (χ1v) is 5.54. The molecular formula is C12H15ClO3. The average molecular weight is 243 g/mol. The molecule has 0 heterocycles. The molecule has 0 saturated carbocycles. The van der Waals surface area contributed by atoms with E-state index in [1.165, 1.54) is 7.11 Å². The lowest BCUT2D eigenvalue weighted by Gasteiger charge is -2.13. The largest absolute Gasteiger partial charge is 0.495 e. The molecule has 0 amide bonds. The van der Waals surface area contributed by atoms with Gasteiger partial charge in [0, 0.05) is 0 Å². The van der Waals surface area contributed by atoms with E-state index >= 15 is 0 Å². The Kier molecular flexibility index (Phi) is 4.62. The van der Waals surface area contributed by atoms with E-state index < -0.39 is 11.9 Å². The molecule has 1 aromatic rings. The molecule has 0 saturated heterocycles. The fourth-order valence-corrected chi connectivity index (χ4v) is 1.89. The highest BCUT2D eigenvalue weighted by molar-refractivity contribution is 6.32. The van der Waals surface area contributed by atoms with Crippen molar-refractivity contribution in [3.8, 4) is 5.75 Å². The molecule has 0 fully saturated rings. The number of ether oxygens (including phenoxy) is 1. The van der Waals surface area contributed by atoms with Crippen LogP contribution in [0.5, 0.6) is 5.75 Å². The van der Waals surface area contributed by atoms with Crippen LogP contribution in [0.4, 0.5) is 0 Å². The Hall–Kier alpha value is -1.22. The van der Waals surface area contributed by atoms with Crippen molar-refractivity contribution in [3.05, 3.63) is 28.8 Å². The number of rotatable bonds is 5. The van der Waals surface area contributed by atoms with Gasteiger partial charge in [-0.05, 0) is 24.1 Å². The molecule has 3 nitrogen and oxygen atoms in total. The number of carboxylic acid groups (broad SMARTS) is 1. The summed E-state index contributed by atoms with van der Waals surface area (Å²) in [7, 11) is 1.53. The van der Waals surface area contributed by atoms with Gasteiger partial charge in [0.2, 0.25) is 0 Å². The maximum absolute atomic E-state index is 11.1. The first kappa shape index (κ1) is 12.8. The van der Waals surface area contributed by atoms with Crippen LogP contribution in [-0.2, 0) is 4.79 Å². The molecule has 0 aliphatic heterocycles. The van der Waals surface area contributed by atoms with Crippen molar-refractivity contribution in [2.75, 3.05) is 7.11 Å². The van der Waals surface area contributed by atoms with Crippen molar-refractivity contribution in [2.45, 2.75) is 25.7 Å². The standard InChI is InChI=1S/C12H15ClO3/c1-3-4-9(12(14)15)8-5-6-11(16-2)10(13)7-8/h5-7,9H,3-4H2,1-2H3,(H,14,15). The van der Waals surface area contributed by atoms with Crippen LogP contribution in [0.3, 0.4) is 0 Å². The van der Waals surface area contributed by atoms with Crippen LogP contribution in [-0.4, -0.2) is 18.2 Å². The zero-order chi connectivity index (χ0) is 12.1. The van der Waals surface area contributed by atoms with Crippen LogP contribution in [0.15, 0.2) is 18.2 Å². The Morgan fingerprint density at radius 1 is 1.56 bits per heavy atom. The molecule has 1 N–H and O–H groups in total. The summed E-state index contributed by atoms with van der Waals surface area (Å²) >= 11 is 5.96. The summed E-state index contributed by atoms with van der Waals surface area (Å²) in [4.78, 5) is 11.1. The fourth-order valence-electron chi connectivity index (χ4n) is 1.62. The summed E-state index contributed by atoms with van der Waals surface area (Å²) in [5.41, 5.74) is 0.722. The first-order chi connectivity index (χ1) is 7.60.